The van der Waals surface area contributed by atoms with Gasteiger partial charge in [0.05, 0.1) is 12.1 Å². The van der Waals surface area contributed by atoms with E-state index >= 15 is 0 Å². The molecule has 110 valence electrons. The molecule has 0 aromatic carbocycles. The lowest BCUT2D eigenvalue weighted by Crippen LogP contribution is -2.47. The first-order valence-electron chi connectivity index (χ1n) is 6.86. The van der Waals surface area contributed by atoms with Gasteiger partial charge in [-0.25, -0.2) is 4.98 Å². The van der Waals surface area contributed by atoms with E-state index in [1.165, 1.54) is 13.8 Å². The Balaban J connectivity index is 1.84. The monoisotopic (exact) mass is 287 g/mol. The fourth-order valence-electron chi connectivity index (χ4n) is 2.37. The number of carbonyl (C=O) groups excluding carboxylic acids is 1. The predicted molar refractivity (Wildman–Crippen MR) is 75.2 cm³/mol. The molecule has 0 atom stereocenters. The zero-order valence-electron chi connectivity index (χ0n) is 12.0. The largest absolute Gasteiger partial charge is 0.441 e. The summed E-state index contributed by atoms with van der Waals surface area (Å²) in [6.45, 7) is 3.88. The van der Waals surface area contributed by atoms with Crippen molar-refractivity contribution in [1.29, 1.82) is 0 Å². The SMILES string of the molecule is CC(C)(O)C(=O)N1CCc2oc(-c3cccnc3)nc2C1. The van der Waals surface area contributed by atoms with E-state index < -0.39 is 5.60 Å². The maximum atomic E-state index is 12.1. The number of carbonyl (C=O) groups is 1. The first-order chi connectivity index (χ1) is 9.95. The van der Waals surface area contributed by atoms with Crippen molar-refractivity contribution < 1.29 is 14.3 Å². The van der Waals surface area contributed by atoms with Gasteiger partial charge in [0.2, 0.25) is 5.89 Å². The van der Waals surface area contributed by atoms with Crippen LogP contribution in [-0.2, 0) is 17.8 Å². The van der Waals surface area contributed by atoms with Gasteiger partial charge in [-0.15, -0.1) is 0 Å². The van der Waals surface area contributed by atoms with E-state index in [4.69, 9.17) is 4.42 Å². The van der Waals surface area contributed by atoms with Gasteiger partial charge in [-0.2, -0.15) is 0 Å². The summed E-state index contributed by atoms with van der Waals surface area (Å²) in [6, 6.07) is 3.70. The number of hydrogen-bond acceptors (Lipinski definition) is 5. The Morgan fingerprint density at radius 3 is 2.95 bits per heavy atom. The van der Waals surface area contributed by atoms with Crippen molar-refractivity contribution >= 4 is 5.91 Å². The van der Waals surface area contributed by atoms with Gasteiger partial charge in [0.25, 0.3) is 5.91 Å². The average Bonchev–Trinajstić information content (AvgIpc) is 2.89. The molecule has 1 N–H and O–H groups in total. The number of amides is 1. The Labute approximate surface area is 122 Å². The van der Waals surface area contributed by atoms with Gasteiger partial charge >= 0.3 is 0 Å². The minimum atomic E-state index is -1.37. The molecule has 3 rings (SSSR count). The molecule has 0 saturated heterocycles. The summed E-state index contributed by atoms with van der Waals surface area (Å²) in [5.41, 5.74) is 0.193. The second-order valence-corrected chi connectivity index (χ2v) is 5.67. The lowest BCUT2D eigenvalue weighted by molar-refractivity contribution is -0.148. The van der Waals surface area contributed by atoms with Crippen molar-refractivity contribution in [3.63, 3.8) is 0 Å². The van der Waals surface area contributed by atoms with Crippen LogP contribution in [0.4, 0.5) is 0 Å². The molecule has 0 spiro atoms. The summed E-state index contributed by atoms with van der Waals surface area (Å²) in [4.78, 5) is 22.2. The molecule has 6 heteroatoms. The van der Waals surface area contributed by atoms with Crippen LogP contribution < -0.4 is 0 Å². The molecule has 0 radical (unpaired) electrons. The molecule has 6 nitrogen and oxygen atoms in total. The van der Waals surface area contributed by atoms with Crippen LogP contribution in [0.5, 0.6) is 0 Å². The number of hydrogen-bond donors (Lipinski definition) is 1. The first-order valence-corrected chi connectivity index (χ1v) is 6.86. The van der Waals surface area contributed by atoms with E-state index in [1.54, 1.807) is 17.3 Å². The van der Waals surface area contributed by atoms with E-state index in [-0.39, 0.29) is 5.91 Å². The molecule has 2 aromatic rings. The Morgan fingerprint density at radius 2 is 2.29 bits per heavy atom. The molecule has 0 fully saturated rings. The Kier molecular flexibility index (Phi) is 3.25. The zero-order chi connectivity index (χ0) is 15.0. The Hall–Kier alpha value is -2.21. The first kappa shape index (κ1) is 13.8. The van der Waals surface area contributed by atoms with Gasteiger partial charge in [0.1, 0.15) is 17.1 Å². The quantitative estimate of drug-likeness (QED) is 0.903. The lowest BCUT2D eigenvalue weighted by Gasteiger charge is -2.30. The van der Waals surface area contributed by atoms with Crippen molar-refractivity contribution in [3.8, 4) is 11.5 Å². The third-order valence-corrected chi connectivity index (χ3v) is 3.45. The summed E-state index contributed by atoms with van der Waals surface area (Å²) >= 11 is 0. The molecule has 0 saturated carbocycles. The Morgan fingerprint density at radius 1 is 1.48 bits per heavy atom. The van der Waals surface area contributed by atoms with Crippen molar-refractivity contribution in [3.05, 3.63) is 36.0 Å². The maximum absolute atomic E-state index is 12.1. The summed E-state index contributed by atoms with van der Waals surface area (Å²) in [6.07, 6.45) is 3.98. The van der Waals surface area contributed by atoms with Crippen LogP contribution in [0.15, 0.2) is 28.9 Å². The van der Waals surface area contributed by atoms with Crippen LogP contribution in [0.25, 0.3) is 11.5 Å². The number of nitrogens with zero attached hydrogens (tertiary/aromatic N) is 3. The van der Waals surface area contributed by atoms with Crippen LogP contribution in [0.2, 0.25) is 0 Å². The van der Waals surface area contributed by atoms with Gasteiger partial charge < -0.3 is 14.4 Å². The molecule has 0 aliphatic carbocycles. The summed E-state index contributed by atoms with van der Waals surface area (Å²) in [5, 5.41) is 9.83. The Bertz CT molecular complexity index is 659. The summed E-state index contributed by atoms with van der Waals surface area (Å²) in [5.74, 6) is 1.03. The normalized spacial score (nSPS) is 14.9. The van der Waals surface area contributed by atoms with E-state index in [1.807, 2.05) is 12.1 Å². The number of pyridine rings is 1. The molecule has 3 heterocycles. The number of aromatic nitrogens is 2. The van der Waals surface area contributed by atoms with Crippen LogP contribution in [0.1, 0.15) is 25.3 Å². The summed E-state index contributed by atoms with van der Waals surface area (Å²) < 4.78 is 5.75. The van der Waals surface area contributed by atoms with Gasteiger partial charge in [-0.3, -0.25) is 9.78 Å². The van der Waals surface area contributed by atoms with Gasteiger partial charge in [0, 0.05) is 25.4 Å². The van der Waals surface area contributed by atoms with Crippen molar-refractivity contribution in [2.24, 2.45) is 0 Å². The van der Waals surface area contributed by atoms with E-state index in [0.29, 0.717) is 25.4 Å². The number of fused-ring (bicyclic) bond motifs is 1. The smallest absolute Gasteiger partial charge is 0.254 e. The van der Waals surface area contributed by atoms with Crippen molar-refractivity contribution in [2.45, 2.75) is 32.4 Å². The molecular weight excluding hydrogens is 270 g/mol. The third-order valence-electron chi connectivity index (χ3n) is 3.45. The number of aliphatic hydroxyl groups is 1. The fourth-order valence-corrected chi connectivity index (χ4v) is 2.37. The van der Waals surface area contributed by atoms with Gasteiger partial charge in [-0.1, -0.05) is 0 Å². The van der Waals surface area contributed by atoms with E-state index in [0.717, 1.165) is 17.0 Å². The standard InChI is InChI=1S/C15H17N3O3/c1-15(2,20)14(19)18-7-5-12-11(9-18)17-13(21-12)10-4-3-6-16-8-10/h3-4,6,8,20H,5,7,9H2,1-2H3. The lowest BCUT2D eigenvalue weighted by atomic mass is 10.1. The highest BCUT2D eigenvalue weighted by molar-refractivity contribution is 5.84. The predicted octanol–water partition coefficient (Wildman–Crippen LogP) is 1.39. The highest BCUT2D eigenvalue weighted by Gasteiger charge is 2.33. The second kappa shape index (κ2) is 4.96. The number of rotatable bonds is 2. The maximum Gasteiger partial charge on any atom is 0.254 e. The van der Waals surface area contributed by atoms with Gasteiger partial charge in [0.15, 0.2) is 0 Å². The minimum absolute atomic E-state index is 0.293. The van der Waals surface area contributed by atoms with Crippen LogP contribution in [0.3, 0.4) is 0 Å². The molecule has 1 amide bonds. The topological polar surface area (TPSA) is 79.5 Å². The zero-order valence-corrected chi connectivity index (χ0v) is 12.0. The highest BCUT2D eigenvalue weighted by Crippen LogP contribution is 2.26. The van der Waals surface area contributed by atoms with Crippen LogP contribution in [0, 0.1) is 0 Å². The molecular formula is C15H17N3O3. The van der Waals surface area contributed by atoms with E-state index in [2.05, 4.69) is 9.97 Å². The van der Waals surface area contributed by atoms with Crippen molar-refractivity contribution in [1.82, 2.24) is 14.9 Å². The second-order valence-electron chi connectivity index (χ2n) is 5.67. The molecule has 21 heavy (non-hydrogen) atoms. The van der Waals surface area contributed by atoms with Crippen molar-refractivity contribution in [2.75, 3.05) is 6.54 Å². The number of oxazole rings is 1. The molecule has 1 aliphatic rings. The highest BCUT2D eigenvalue weighted by atomic mass is 16.4. The molecule has 0 bridgehead atoms. The molecule has 0 unspecified atom stereocenters. The van der Waals surface area contributed by atoms with Crippen LogP contribution >= 0.6 is 0 Å². The van der Waals surface area contributed by atoms with Crippen LogP contribution in [-0.4, -0.2) is 38.0 Å². The fraction of sp³-hybridized carbons (Fsp3) is 0.400. The minimum Gasteiger partial charge on any atom is -0.441 e. The molecule has 2 aromatic heterocycles. The molecule has 1 aliphatic heterocycles. The summed E-state index contributed by atoms with van der Waals surface area (Å²) in [7, 11) is 0. The average molecular weight is 287 g/mol. The van der Waals surface area contributed by atoms with Gasteiger partial charge in [-0.05, 0) is 26.0 Å². The third kappa shape index (κ3) is 2.67. The van der Waals surface area contributed by atoms with E-state index in [9.17, 15) is 9.90 Å².